The normalized spacial score (nSPS) is 29.3. The SMILES string of the molecule is COC(=O)C1CCC(C(C)C)N1. The lowest BCUT2D eigenvalue weighted by Gasteiger charge is -2.15. The van der Waals surface area contributed by atoms with Crippen LogP contribution in [0.2, 0.25) is 0 Å². The summed E-state index contributed by atoms with van der Waals surface area (Å²) >= 11 is 0. The Morgan fingerprint density at radius 3 is 2.58 bits per heavy atom. The van der Waals surface area contributed by atoms with E-state index in [-0.39, 0.29) is 12.0 Å². The van der Waals surface area contributed by atoms with Crippen LogP contribution < -0.4 is 5.32 Å². The van der Waals surface area contributed by atoms with Crippen LogP contribution in [0.5, 0.6) is 0 Å². The Hall–Kier alpha value is -0.570. The summed E-state index contributed by atoms with van der Waals surface area (Å²) in [7, 11) is 1.44. The summed E-state index contributed by atoms with van der Waals surface area (Å²) in [6.07, 6.45) is 1.99. The van der Waals surface area contributed by atoms with Crippen LogP contribution in [0, 0.1) is 5.92 Å². The topological polar surface area (TPSA) is 38.3 Å². The third-order valence-corrected chi connectivity index (χ3v) is 2.47. The van der Waals surface area contributed by atoms with E-state index >= 15 is 0 Å². The van der Waals surface area contributed by atoms with E-state index in [0.29, 0.717) is 12.0 Å². The number of carbonyl (C=O) groups is 1. The summed E-state index contributed by atoms with van der Waals surface area (Å²) in [5.74, 6) is 0.470. The fourth-order valence-corrected chi connectivity index (χ4v) is 1.63. The Labute approximate surface area is 73.5 Å². The molecule has 1 fully saturated rings. The Balaban J connectivity index is 2.40. The second kappa shape index (κ2) is 3.90. The van der Waals surface area contributed by atoms with Gasteiger partial charge in [-0.25, -0.2) is 0 Å². The Kier molecular flexibility index (Phi) is 3.09. The molecule has 1 saturated heterocycles. The number of hydrogen-bond donors (Lipinski definition) is 1. The van der Waals surface area contributed by atoms with E-state index in [2.05, 4.69) is 23.9 Å². The minimum atomic E-state index is -0.127. The maximum Gasteiger partial charge on any atom is 0.322 e. The smallest absolute Gasteiger partial charge is 0.322 e. The standard InChI is InChI=1S/C9H17NO2/c1-6(2)7-4-5-8(10-7)9(11)12-3/h6-8,10H,4-5H2,1-3H3. The van der Waals surface area contributed by atoms with Gasteiger partial charge < -0.3 is 10.1 Å². The van der Waals surface area contributed by atoms with Gasteiger partial charge in [-0.05, 0) is 18.8 Å². The van der Waals surface area contributed by atoms with Crippen molar-refractivity contribution in [2.45, 2.75) is 38.8 Å². The predicted molar refractivity (Wildman–Crippen MR) is 46.8 cm³/mol. The van der Waals surface area contributed by atoms with Gasteiger partial charge in [0.2, 0.25) is 0 Å². The van der Waals surface area contributed by atoms with Crippen molar-refractivity contribution in [3.05, 3.63) is 0 Å². The molecule has 12 heavy (non-hydrogen) atoms. The van der Waals surface area contributed by atoms with Gasteiger partial charge in [-0.1, -0.05) is 13.8 Å². The zero-order valence-electron chi connectivity index (χ0n) is 7.96. The summed E-state index contributed by atoms with van der Waals surface area (Å²) in [4.78, 5) is 11.1. The Bertz CT molecular complexity index is 168. The molecule has 0 aliphatic carbocycles. The molecule has 0 aromatic heterocycles. The molecule has 0 saturated carbocycles. The lowest BCUT2D eigenvalue weighted by atomic mass is 10.0. The first-order valence-corrected chi connectivity index (χ1v) is 4.49. The van der Waals surface area contributed by atoms with Gasteiger partial charge in [0, 0.05) is 6.04 Å². The van der Waals surface area contributed by atoms with E-state index in [1.165, 1.54) is 7.11 Å². The molecular formula is C9H17NO2. The molecule has 70 valence electrons. The van der Waals surface area contributed by atoms with Crippen molar-refractivity contribution < 1.29 is 9.53 Å². The monoisotopic (exact) mass is 171 g/mol. The molecule has 1 rings (SSSR count). The van der Waals surface area contributed by atoms with Crippen molar-refractivity contribution in [1.29, 1.82) is 0 Å². The summed E-state index contributed by atoms with van der Waals surface area (Å²) < 4.78 is 4.66. The van der Waals surface area contributed by atoms with Crippen molar-refractivity contribution in [1.82, 2.24) is 5.32 Å². The van der Waals surface area contributed by atoms with Crippen molar-refractivity contribution in [3.63, 3.8) is 0 Å². The first kappa shape index (κ1) is 9.52. The third-order valence-electron chi connectivity index (χ3n) is 2.47. The Morgan fingerprint density at radius 2 is 2.17 bits per heavy atom. The first-order valence-electron chi connectivity index (χ1n) is 4.49. The lowest BCUT2D eigenvalue weighted by molar-refractivity contribution is -0.142. The molecule has 1 aliphatic rings. The third kappa shape index (κ3) is 1.97. The fraction of sp³-hybridized carbons (Fsp3) is 0.889. The van der Waals surface area contributed by atoms with Crippen LogP contribution in [0.3, 0.4) is 0 Å². The van der Waals surface area contributed by atoms with Gasteiger partial charge in [-0.3, -0.25) is 4.79 Å². The molecule has 0 aromatic rings. The maximum atomic E-state index is 11.1. The van der Waals surface area contributed by atoms with Gasteiger partial charge >= 0.3 is 5.97 Å². The number of rotatable bonds is 2. The molecule has 0 spiro atoms. The molecule has 3 nitrogen and oxygen atoms in total. The number of esters is 1. The van der Waals surface area contributed by atoms with Crippen molar-refractivity contribution in [2.24, 2.45) is 5.92 Å². The van der Waals surface area contributed by atoms with E-state index in [0.717, 1.165) is 12.8 Å². The minimum Gasteiger partial charge on any atom is -0.468 e. The van der Waals surface area contributed by atoms with E-state index in [4.69, 9.17) is 0 Å². The van der Waals surface area contributed by atoms with Crippen LogP contribution in [-0.4, -0.2) is 25.2 Å². The van der Waals surface area contributed by atoms with E-state index in [1.54, 1.807) is 0 Å². The number of ether oxygens (including phenoxy) is 1. The van der Waals surface area contributed by atoms with E-state index < -0.39 is 0 Å². The second-order valence-corrected chi connectivity index (χ2v) is 3.67. The second-order valence-electron chi connectivity index (χ2n) is 3.67. The van der Waals surface area contributed by atoms with Gasteiger partial charge in [0.15, 0.2) is 0 Å². The molecule has 0 aromatic carbocycles. The van der Waals surface area contributed by atoms with Gasteiger partial charge in [0.05, 0.1) is 7.11 Å². The summed E-state index contributed by atoms with van der Waals surface area (Å²) in [5.41, 5.74) is 0. The molecule has 2 unspecified atom stereocenters. The van der Waals surface area contributed by atoms with Crippen LogP contribution in [0.4, 0.5) is 0 Å². The summed E-state index contributed by atoms with van der Waals surface area (Å²) in [5, 5.41) is 3.27. The van der Waals surface area contributed by atoms with Crippen LogP contribution in [-0.2, 0) is 9.53 Å². The van der Waals surface area contributed by atoms with Gasteiger partial charge in [-0.15, -0.1) is 0 Å². The quantitative estimate of drug-likeness (QED) is 0.628. The molecule has 1 N–H and O–H groups in total. The van der Waals surface area contributed by atoms with Crippen LogP contribution in [0.15, 0.2) is 0 Å². The zero-order chi connectivity index (χ0) is 9.14. The predicted octanol–water partition coefficient (Wildman–Crippen LogP) is 0.936. The molecule has 0 bridgehead atoms. The highest BCUT2D eigenvalue weighted by Crippen LogP contribution is 2.18. The molecule has 1 aliphatic heterocycles. The highest BCUT2D eigenvalue weighted by atomic mass is 16.5. The largest absolute Gasteiger partial charge is 0.468 e. The number of nitrogens with one attached hydrogen (secondary N) is 1. The highest BCUT2D eigenvalue weighted by molar-refractivity contribution is 5.76. The van der Waals surface area contributed by atoms with Crippen molar-refractivity contribution >= 4 is 5.97 Å². The van der Waals surface area contributed by atoms with Crippen molar-refractivity contribution in [3.8, 4) is 0 Å². The zero-order valence-corrected chi connectivity index (χ0v) is 7.96. The van der Waals surface area contributed by atoms with E-state index in [1.807, 2.05) is 0 Å². The highest BCUT2D eigenvalue weighted by Gasteiger charge is 2.30. The molecular weight excluding hydrogens is 154 g/mol. The fourth-order valence-electron chi connectivity index (χ4n) is 1.63. The molecule has 3 heteroatoms. The average Bonchev–Trinajstić information content (AvgIpc) is 2.51. The molecule has 1 heterocycles. The van der Waals surface area contributed by atoms with Gasteiger partial charge in [-0.2, -0.15) is 0 Å². The van der Waals surface area contributed by atoms with E-state index in [9.17, 15) is 4.79 Å². The number of methoxy groups -OCH3 is 1. The number of carbonyl (C=O) groups excluding carboxylic acids is 1. The minimum absolute atomic E-state index is 0.0672. The van der Waals surface area contributed by atoms with Crippen LogP contribution >= 0.6 is 0 Å². The van der Waals surface area contributed by atoms with Crippen molar-refractivity contribution in [2.75, 3.05) is 7.11 Å². The molecule has 2 atom stereocenters. The molecule has 0 amide bonds. The summed E-state index contributed by atoms with van der Waals surface area (Å²) in [6.45, 7) is 4.33. The lowest BCUT2D eigenvalue weighted by Crippen LogP contribution is -2.38. The van der Waals surface area contributed by atoms with Gasteiger partial charge in [0.25, 0.3) is 0 Å². The average molecular weight is 171 g/mol. The maximum absolute atomic E-state index is 11.1. The summed E-state index contributed by atoms with van der Waals surface area (Å²) in [6, 6.07) is 0.413. The number of hydrogen-bond acceptors (Lipinski definition) is 3. The van der Waals surface area contributed by atoms with Crippen LogP contribution in [0.25, 0.3) is 0 Å². The van der Waals surface area contributed by atoms with Gasteiger partial charge in [0.1, 0.15) is 6.04 Å². The van der Waals surface area contributed by atoms with Crippen LogP contribution in [0.1, 0.15) is 26.7 Å². The molecule has 0 radical (unpaired) electrons. The first-order chi connectivity index (χ1) is 5.65. The Morgan fingerprint density at radius 1 is 1.50 bits per heavy atom.